The van der Waals surface area contributed by atoms with Gasteiger partial charge in [0, 0.05) is 0 Å². The third-order valence-electron chi connectivity index (χ3n) is 0. The van der Waals surface area contributed by atoms with Crippen LogP contribution in [0.25, 0.3) is 0 Å². The topological polar surface area (TPSA) is 86.6 Å². The second kappa shape index (κ2) is 2.79. The van der Waals surface area contributed by atoms with Crippen molar-refractivity contribution >= 4 is 11.2 Å². The molecule has 0 rings (SSSR count). The molecule has 0 heterocycles. The summed E-state index contributed by atoms with van der Waals surface area (Å²) in [6, 6.07) is 0. The maximum Gasteiger partial charge on any atom is 2.00 e. The van der Waals surface area contributed by atoms with Gasteiger partial charge in [0.2, 0.25) is 0 Å². The average molecular weight is 157 g/mol. The van der Waals surface area contributed by atoms with Crippen molar-refractivity contribution < 1.29 is 34.7 Å². The Balaban J connectivity index is 0. The molecule has 6 heteroatoms. The SMILES string of the molecule is [Ni+2].[O-]S([O-])(O)O. The largest absolute Gasteiger partial charge is 2.00 e. The second-order valence-electron chi connectivity index (χ2n) is 0.448. The van der Waals surface area contributed by atoms with Gasteiger partial charge in [0.15, 0.2) is 0 Å². The van der Waals surface area contributed by atoms with Gasteiger partial charge >= 0.3 is 16.5 Å². The van der Waals surface area contributed by atoms with Crippen LogP contribution in [-0.4, -0.2) is 18.2 Å². The van der Waals surface area contributed by atoms with Crippen LogP contribution < -0.4 is 0 Å². The minimum atomic E-state index is -4.67. The molecule has 0 saturated carbocycles. The van der Waals surface area contributed by atoms with E-state index in [1.165, 1.54) is 0 Å². The molecule has 0 aliphatic carbocycles. The Morgan fingerprint density at radius 3 is 1.17 bits per heavy atom. The smallest absolute Gasteiger partial charge is 0.784 e. The van der Waals surface area contributed by atoms with Crippen molar-refractivity contribution in [3.05, 3.63) is 0 Å². The molecule has 2 N–H and O–H groups in total. The van der Waals surface area contributed by atoms with E-state index in [1.807, 2.05) is 0 Å². The summed E-state index contributed by atoms with van der Waals surface area (Å²) in [5, 5.41) is 0. The molecule has 0 atom stereocenters. The summed E-state index contributed by atoms with van der Waals surface area (Å²) in [5.74, 6) is 0. The third kappa shape index (κ3) is 136. The maximum atomic E-state index is 8.74. The van der Waals surface area contributed by atoms with Gasteiger partial charge < -0.3 is 18.2 Å². The fraction of sp³-hybridized carbons (Fsp3) is 0. The van der Waals surface area contributed by atoms with E-state index in [9.17, 15) is 0 Å². The van der Waals surface area contributed by atoms with Crippen LogP contribution in [-0.2, 0) is 16.5 Å². The summed E-state index contributed by atoms with van der Waals surface area (Å²) >= 11 is -4.67. The monoisotopic (exact) mass is 156 g/mol. The first-order chi connectivity index (χ1) is 2.00. The minimum absolute atomic E-state index is 0. The summed E-state index contributed by atoms with van der Waals surface area (Å²) in [5.41, 5.74) is 0. The van der Waals surface area contributed by atoms with Crippen LogP contribution in [0.5, 0.6) is 0 Å². The maximum absolute atomic E-state index is 8.74. The summed E-state index contributed by atoms with van der Waals surface area (Å²) in [7, 11) is 0. The Kier molecular flexibility index (Phi) is 4.58. The molecule has 0 spiro atoms. The number of rotatable bonds is 0. The van der Waals surface area contributed by atoms with E-state index in [0.717, 1.165) is 0 Å². The van der Waals surface area contributed by atoms with Crippen molar-refractivity contribution in [2.75, 3.05) is 0 Å². The zero-order chi connectivity index (χ0) is 4.50. The van der Waals surface area contributed by atoms with Gasteiger partial charge in [-0.1, -0.05) is 0 Å². The van der Waals surface area contributed by atoms with Gasteiger partial charge in [-0.25, -0.2) is 0 Å². The molecule has 0 bridgehead atoms. The van der Waals surface area contributed by atoms with Crippen LogP contribution in [0.2, 0.25) is 0 Å². The molecule has 0 amide bonds. The Hall–Kier alpha value is 0.684. The summed E-state index contributed by atoms with van der Waals surface area (Å²) in [4.78, 5) is 0. The van der Waals surface area contributed by atoms with E-state index < -0.39 is 11.2 Å². The third-order valence-corrected chi connectivity index (χ3v) is 0. The van der Waals surface area contributed by atoms with Crippen LogP contribution in [0.3, 0.4) is 0 Å². The average Bonchev–Trinajstić information content (AvgIpc) is 0.722. The van der Waals surface area contributed by atoms with Crippen LogP contribution >= 0.6 is 11.2 Å². The van der Waals surface area contributed by atoms with Gasteiger partial charge in [0.05, 0.1) is 0 Å². The predicted octanol–water partition coefficient (Wildman–Crippen LogP) is -0.00470. The molecule has 6 heavy (non-hydrogen) atoms. The van der Waals surface area contributed by atoms with E-state index in [2.05, 4.69) is 0 Å². The summed E-state index contributed by atoms with van der Waals surface area (Å²) in [6.07, 6.45) is 0. The van der Waals surface area contributed by atoms with E-state index >= 15 is 0 Å². The van der Waals surface area contributed by atoms with Gasteiger partial charge in [0.1, 0.15) is 0 Å². The summed E-state index contributed by atoms with van der Waals surface area (Å²) in [6.45, 7) is 0. The van der Waals surface area contributed by atoms with E-state index in [1.54, 1.807) is 0 Å². The van der Waals surface area contributed by atoms with Crippen molar-refractivity contribution in [3.8, 4) is 0 Å². The Morgan fingerprint density at radius 2 is 1.17 bits per heavy atom. The van der Waals surface area contributed by atoms with E-state index in [-0.39, 0.29) is 16.5 Å². The first kappa shape index (κ1) is 9.84. The Bertz CT molecular complexity index is 23.0. The number of hydrogen-bond donors (Lipinski definition) is 2. The van der Waals surface area contributed by atoms with Crippen LogP contribution in [0.1, 0.15) is 0 Å². The first-order valence-electron chi connectivity index (χ1n) is 0.698. The van der Waals surface area contributed by atoms with Crippen molar-refractivity contribution in [1.29, 1.82) is 0 Å². The van der Waals surface area contributed by atoms with E-state index in [4.69, 9.17) is 18.2 Å². The summed E-state index contributed by atoms with van der Waals surface area (Å²) < 4.78 is 31.6. The predicted molar refractivity (Wildman–Crippen MR) is 14.4 cm³/mol. The first-order valence-corrected chi connectivity index (χ1v) is 2.10. The Labute approximate surface area is 46.5 Å². The molecule has 0 fully saturated rings. The van der Waals surface area contributed by atoms with Crippen LogP contribution in [0, 0.1) is 0 Å². The number of hydrogen-bond acceptors (Lipinski definition) is 4. The molecule has 0 aromatic rings. The molecule has 0 aromatic heterocycles. The fourth-order valence-electron chi connectivity index (χ4n) is 0. The molecule has 0 aromatic carbocycles. The van der Waals surface area contributed by atoms with Crippen LogP contribution in [0.15, 0.2) is 0 Å². The molecule has 0 radical (unpaired) electrons. The Morgan fingerprint density at radius 1 is 1.17 bits per heavy atom. The molecule has 0 unspecified atom stereocenters. The standard InChI is InChI=1S/Ni.H4O4S/c;1-5(2,3)4/h;1-4H/q+2;/p-2. The quantitative estimate of drug-likeness (QED) is 0.484. The molecule has 0 aliphatic heterocycles. The molecule has 4 nitrogen and oxygen atoms in total. The molecular weight excluding hydrogens is 155 g/mol. The zero-order valence-corrected chi connectivity index (χ0v) is 4.24. The van der Waals surface area contributed by atoms with Gasteiger partial charge in [-0.15, -0.1) is 0 Å². The van der Waals surface area contributed by atoms with Crippen LogP contribution in [0.4, 0.5) is 0 Å². The molecule has 0 saturated heterocycles. The minimum Gasteiger partial charge on any atom is -0.784 e. The molecule has 42 valence electrons. The van der Waals surface area contributed by atoms with Crippen molar-refractivity contribution in [1.82, 2.24) is 0 Å². The van der Waals surface area contributed by atoms with Gasteiger partial charge in [-0.3, -0.25) is 0 Å². The van der Waals surface area contributed by atoms with E-state index in [0.29, 0.717) is 0 Å². The van der Waals surface area contributed by atoms with Crippen molar-refractivity contribution in [2.24, 2.45) is 0 Å². The second-order valence-corrected chi connectivity index (χ2v) is 1.34. The molecular formula is H2NiO4S. The molecule has 0 aliphatic rings. The van der Waals surface area contributed by atoms with Gasteiger partial charge in [-0.2, -0.15) is 11.2 Å². The normalized spacial score (nSPS) is 12.7. The van der Waals surface area contributed by atoms with Crippen molar-refractivity contribution in [3.63, 3.8) is 0 Å². The van der Waals surface area contributed by atoms with Gasteiger partial charge in [0.25, 0.3) is 0 Å². The zero-order valence-electron chi connectivity index (χ0n) is 2.44. The fourth-order valence-corrected chi connectivity index (χ4v) is 0. The van der Waals surface area contributed by atoms with Gasteiger partial charge in [-0.05, 0) is 0 Å². The van der Waals surface area contributed by atoms with Crippen molar-refractivity contribution in [2.45, 2.75) is 0 Å².